The van der Waals surface area contributed by atoms with Crippen LogP contribution in [0.5, 0.6) is 0 Å². The van der Waals surface area contributed by atoms with Crippen LogP contribution in [0.2, 0.25) is 0 Å². The maximum atomic E-state index is 9.55. The lowest BCUT2D eigenvalue weighted by atomic mass is 9.99. The molecule has 0 bridgehead atoms. The van der Waals surface area contributed by atoms with E-state index in [-0.39, 0.29) is 0 Å². The highest BCUT2D eigenvalue weighted by molar-refractivity contribution is 4.87. The molecule has 1 atom stereocenters. The molecule has 1 aliphatic rings. The van der Waals surface area contributed by atoms with Gasteiger partial charge >= 0.3 is 0 Å². The Kier molecular flexibility index (Phi) is 2.05. The smallest absolute Gasteiger partial charge is 0.0795 e. The lowest BCUT2D eigenvalue weighted by Crippen LogP contribution is -2.33. The van der Waals surface area contributed by atoms with E-state index < -0.39 is 5.60 Å². The SMILES string of the molecule is NCCC1(O)CCNC1. The quantitative estimate of drug-likeness (QED) is 0.452. The van der Waals surface area contributed by atoms with Crippen molar-refractivity contribution in [1.29, 1.82) is 0 Å². The third-order valence-electron chi connectivity index (χ3n) is 1.83. The van der Waals surface area contributed by atoms with E-state index in [0.29, 0.717) is 13.1 Å². The average molecular weight is 130 g/mol. The highest BCUT2D eigenvalue weighted by atomic mass is 16.3. The van der Waals surface area contributed by atoms with Gasteiger partial charge in [0.1, 0.15) is 0 Å². The number of rotatable bonds is 2. The molecular weight excluding hydrogens is 116 g/mol. The summed E-state index contributed by atoms with van der Waals surface area (Å²) in [6.07, 6.45) is 1.57. The van der Waals surface area contributed by atoms with Crippen LogP contribution in [0.3, 0.4) is 0 Å². The summed E-state index contributed by atoms with van der Waals surface area (Å²) in [4.78, 5) is 0. The predicted octanol–water partition coefficient (Wildman–Crippen LogP) is -0.940. The summed E-state index contributed by atoms with van der Waals surface area (Å²) >= 11 is 0. The van der Waals surface area contributed by atoms with Gasteiger partial charge in [0.15, 0.2) is 0 Å². The summed E-state index contributed by atoms with van der Waals surface area (Å²) < 4.78 is 0. The molecule has 9 heavy (non-hydrogen) atoms. The summed E-state index contributed by atoms with van der Waals surface area (Å²) in [5.74, 6) is 0. The third kappa shape index (κ3) is 1.64. The van der Waals surface area contributed by atoms with Gasteiger partial charge in [0, 0.05) is 6.54 Å². The maximum absolute atomic E-state index is 9.55. The molecule has 54 valence electrons. The average Bonchev–Trinajstić information content (AvgIpc) is 2.16. The molecular formula is C6H14N2O. The van der Waals surface area contributed by atoms with Crippen LogP contribution >= 0.6 is 0 Å². The minimum Gasteiger partial charge on any atom is -0.388 e. The van der Waals surface area contributed by atoms with E-state index in [0.717, 1.165) is 19.4 Å². The summed E-state index contributed by atoms with van der Waals surface area (Å²) in [7, 11) is 0. The summed E-state index contributed by atoms with van der Waals surface area (Å²) in [5.41, 5.74) is 4.81. The lowest BCUT2D eigenvalue weighted by Gasteiger charge is -2.19. The number of hydrogen-bond acceptors (Lipinski definition) is 3. The van der Waals surface area contributed by atoms with Crippen molar-refractivity contribution < 1.29 is 5.11 Å². The van der Waals surface area contributed by atoms with Crippen LogP contribution in [-0.4, -0.2) is 30.3 Å². The van der Waals surface area contributed by atoms with Gasteiger partial charge in [-0.1, -0.05) is 0 Å². The van der Waals surface area contributed by atoms with Crippen LogP contribution in [0, 0.1) is 0 Å². The van der Waals surface area contributed by atoms with Gasteiger partial charge in [0.05, 0.1) is 5.60 Å². The van der Waals surface area contributed by atoms with Gasteiger partial charge in [0.25, 0.3) is 0 Å². The monoisotopic (exact) mass is 130 g/mol. The topological polar surface area (TPSA) is 58.3 Å². The third-order valence-corrected chi connectivity index (χ3v) is 1.83. The fraction of sp³-hybridized carbons (Fsp3) is 1.00. The van der Waals surface area contributed by atoms with Crippen LogP contribution in [0.25, 0.3) is 0 Å². The first-order valence-electron chi connectivity index (χ1n) is 3.40. The predicted molar refractivity (Wildman–Crippen MR) is 36.1 cm³/mol. The molecule has 1 unspecified atom stereocenters. The van der Waals surface area contributed by atoms with Crippen molar-refractivity contribution in [2.45, 2.75) is 18.4 Å². The Hall–Kier alpha value is -0.120. The zero-order valence-corrected chi connectivity index (χ0v) is 5.56. The van der Waals surface area contributed by atoms with Gasteiger partial charge < -0.3 is 16.2 Å². The van der Waals surface area contributed by atoms with Gasteiger partial charge in [-0.15, -0.1) is 0 Å². The molecule has 1 saturated heterocycles. The van der Waals surface area contributed by atoms with E-state index >= 15 is 0 Å². The molecule has 1 heterocycles. The number of aliphatic hydroxyl groups is 1. The fourth-order valence-corrected chi connectivity index (χ4v) is 1.21. The number of nitrogens with one attached hydrogen (secondary N) is 1. The fourth-order valence-electron chi connectivity index (χ4n) is 1.21. The molecule has 0 spiro atoms. The van der Waals surface area contributed by atoms with Crippen LogP contribution in [0.15, 0.2) is 0 Å². The zero-order valence-electron chi connectivity index (χ0n) is 5.56. The van der Waals surface area contributed by atoms with Gasteiger partial charge in [-0.25, -0.2) is 0 Å². The van der Waals surface area contributed by atoms with Gasteiger partial charge in [-0.3, -0.25) is 0 Å². The van der Waals surface area contributed by atoms with E-state index in [1.54, 1.807) is 0 Å². The van der Waals surface area contributed by atoms with Crippen LogP contribution < -0.4 is 11.1 Å². The Morgan fingerprint density at radius 1 is 1.67 bits per heavy atom. The Morgan fingerprint density at radius 3 is 2.89 bits per heavy atom. The van der Waals surface area contributed by atoms with Crippen molar-refractivity contribution in [3.05, 3.63) is 0 Å². The van der Waals surface area contributed by atoms with Crippen LogP contribution in [0.1, 0.15) is 12.8 Å². The summed E-state index contributed by atoms with van der Waals surface area (Å²) in [5, 5.41) is 12.6. The summed E-state index contributed by atoms with van der Waals surface area (Å²) in [6, 6.07) is 0. The Bertz CT molecular complexity index is 89.1. The molecule has 1 fully saturated rings. The molecule has 0 amide bonds. The summed E-state index contributed by atoms with van der Waals surface area (Å²) in [6.45, 7) is 2.22. The van der Waals surface area contributed by atoms with Crippen molar-refractivity contribution in [1.82, 2.24) is 5.32 Å². The second-order valence-corrected chi connectivity index (χ2v) is 2.69. The van der Waals surface area contributed by atoms with E-state index in [4.69, 9.17) is 5.73 Å². The molecule has 0 radical (unpaired) electrons. The van der Waals surface area contributed by atoms with Crippen molar-refractivity contribution in [2.24, 2.45) is 5.73 Å². The Labute approximate surface area is 55.2 Å². The van der Waals surface area contributed by atoms with Crippen molar-refractivity contribution in [3.8, 4) is 0 Å². The Balaban J connectivity index is 2.32. The van der Waals surface area contributed by atoms with Gasteiger partial charge in [-0.05, 0) is 25.9 Å². The minimum atomic E-state index is -0.491. The van der Waals surface area contributed by atoms with E-state index in [9.17, 15) is 5.11 Å². The lowest BCUT2D eigenvalue weighted by molar-refractivity contribution is 0.0549. The van der Waals surface area contributed by atoms with Gasteiger partial charge in [0.2, 0.25) is 0 Å². The Morgan fingerprint density at radius 2 is 2.44 bits per heavy atom. The first-order valence-corrected chi connectivity index (χ1v) is 3.40. The molecule has 0 aromatic carbocycles. The molecule has 1 aliphatic heterocycles. The first kappa shape index (κ1) is 6.99. The largest absolute Gasteiger partial charge is 0.388 e. The number of β-amino-alcohol motifs (C(OH)–C–C–N with tert-alkyl or cyclic N) is 1. The van der Waals surface area contributed by atoms with Gasteiger partial charge in [-0.2, -0.15) is 0 Å². The van der Waals surface area contributed by atoms with Crippen molar-refractivity contribution >= 4 is 0 Å². The normalized spacial score (nSPS) is 35.3. The molecule has 0 saturated carbocycles. The van der Waals surface area contributed by atoms with Crippen molar-refractivity contribution in [3.63, 3.8) is 0 Å². The number of nitrogens with two attached hydrogens (primary N) is 1. The molecule has 1 rings (SSSR count). The highest BCUT2D eigenvalue weighted by Crippen LogP contribution is 2.16. The zero-order chi connectivity index (χ0) is 6.74. The van der Waals surface area contributed by atoms with E-state index in [2.05, 4.69) is 5.32 Å². The molecule has 0 aromatic heterocycles. The first-order chi connectivity index (χ1) is 4.27. The minimum absolute atomic E-state index is 0.491. The van der Waals surface area contributed by atoms with E-state index in [1.807, 2.05) is 0 Å². The maximum Gasteiger partial charge on any atom is 0.0795 e. The van der Waals surface area contributed by atoms with Crippen molar-refractivity contribution in [2.75, 3.05) is 19.6 Å². The molecule has 0 aliphatic carbocycles. The number of hydrogen-bond donors (Lipinski definition) is 3. The van der Waals surface area contributed by atoms with Crippen LogP contribution in [0.4, 0.5) is 0 Å². The standard InChI is InChI=1S/C6H14N2O/c7-3-1-6(9)2-4-8-5-6/h8-9H,1-5,7H2. The molecule has 3 heteroatoms. The second-order valence-electron chi connectivity index (χ2n) is 2.69. The highest BCUT2D eigenvalue weighted by Gasteiger charge is 2.29. The van der Waals surface area contributed by atoms with Crippen LogP contribution in [-0.2, 0) is 0 Å². The molecule has 3 nitrogen and oxygen atoms in total. The second kappa shape index (κ2) is 2.64. The molecule has 0 aromatic rings. The van der Waals surface area contributed by atoms with E-state index in [1.165, 1.54) is 0 Å². The molecule has 4 N–H and O–H groups in total.